The zero-order chi connectivity index (χ0) is 19.1. The molecular formula is C16H19ClFN5O2S2. The lowest BCUT2D eigenvalue weighted by atomic mass is 9.94. The molecule has 146 valence electrons. The van der Waals surface area contributed by atoms with E-state index < -0.39 is 20.7 Å². The summed E-state index contributed by atoms with van der Waals surface area (Å²) in [5, 5.41) is 3.46. The maximum Gasteiger partial charge on any atom is 0.266 e. The van der Waals surface area contributed by atoms with Crippen LogP contribution < -0.4 is 10.0 Å². The Labute approximate surface area is 166 Å². The van der Waals surface area contributed by atoms with Crippen LogP contribution in [0.4, 0.5) is 15.2 Å². The van der Waals surface area contributed by atoms with E-state index in [9.17, 15) is 12.8 Å². The number of nitrogens with one attached hydrogen (secondary N) is 2. The molecule has 0 aliphatic carbocycles. The molecule has 0 atom stereocenters. The van der Waals surface area contributed by atoms with E-state index in [0.717, 1.165) is 62.4 Å². The molecule has 4 rings (SSSR count). The van der Waals surface area contributed by atoms with Crippen LogP contribution in [0.2, 0.25) is 5.02 Å². The van der Waals surface area contributed by atoms with Crippen LogP contribution in [0.3, 0.4) is 0 Å². The molecule has 2 N–H and O–H groups in total. The van der Waals surface area contributed by atoms with Crippen LogP contribution in [-0.2, 0) is 10.0 Å². The monoisotopic (exact) mass is 431 g/mol. The molecule has 2 aliphatic rings. The van der Waals surface area contributed by atoms with Gasteiger partial charge in [-0.15, -0.1) is 0 Å². The first-order valence-corrected chi connectivity index (χ1v) is 11.3. The third-order valence-electron chi connectivity index (χ3n) is 5.31. The SMILES string of the molecule is O=S(=O)(Nc1ncns1)c1cc(Cl)c(NCC23CCCN2CCC3)cc1F. The first-order chi connectivity index (χ1) is 12.9. The number of hydrogen-bond donors (Lipinski definition) is 2. The Morgan fingerprint density at radius 1 is 1.30 bits per heavy atom. The zero-order valence-corrected chi connectivity index (χ0v) is 16.8. The molecule has 1 aromatic heterocycles. The number of nitrogens with zero attached hydrogens (tertiary/aromatic N) is 3. The lowest BCUT2D eigenvalue weighted by Crippen LogP contribution is -2.44. The van der Waals surface area contributed by atoms with Gasteiger partial charge in [-0.1, -0.05) is 11.6 Å². The Morgan fingerprint density at radius 2 is 2.04 bits per heavy atom. The minimum Gasteiger partial charge on any atom is -0.382 e. The molecule has 2 saturated heterocycles. The van der Waals surface area contributed by atoms with Crippen LogP contribution >= 0.6 is 23.1 Å². The average molecular weight is 432 g/mol. The van der Waals surface area contributed by atoms with Gasteiger partial charge in [0.1, 0.15) is 17.0 Å². The number of benzene rings is 1. The summed E-state index contributed by atoms with van der Waals surface area (Å²) < 4.78 is 45.3. The van der Waals surface area contributed by atoms with Crippen molar-refractivity contribution in [2.45, 2.75) is 36.1 Å². The topological polar surface area (TPSA) is 87.2 Å². The lowest BCUT2D eigenvalue weighted by Gasteiger charge is -2.32. The summed E-state index contributed by atoms with van der Waals surface area (Å²) in [6.07, 6.45) is 5.76. The molecule has 0 unspecified atom stereocenters. The third kappa shape index (κ3) is 3.63. The van der Waals surface area contributed by atoms with Gasteiger partial charge in [-0.2, -0.15) is 4.37 Å². The molecule has 11 heteroatoms. The molecule has 7 nitrogen and oxygen atoms in total. The summed E-state index contributed by atoms with van der Waals surface area (Å²) in [7, 11) is -4.14. The fourth-order valence-electron chi connectivity index (χ4n) is 4.03. The van der Waals surface area contributed by atoms with Crippen molar-refractivity contribution in [1.82, 2.24) is 14.3 Å². The van der Waals surface area contributed by atoms with Crippen LogP contribution in [0.1, 0.15) is 25.7 Å². The molecule has 2 fully saturated rings. The standard InChI is InChI=1S/C16H19ClFN5O2S2/c17-11-7-14(27(24,25)22-15-20-10-21-26-15)12(18)8-13(11)19-9-16-3-1-5-23(16)6-2-4-16/h7-8,10,19H,1-6,9H2,(H,20,21,22). The Hall–Kier alpha value is -1.49. The Morgan fingerprint density at radius 3 is 2.70 bits per heavy atom. The average Bonchev–Trinajstić information content (AvgIpc) is 3.31. The maximum atomic E-state index is 14.6. The highest BCUT2D eigenvalue weighted by Gasteiger charge is 2.43. The smallest absolute Gasteiger partial charge is 0.266 e. The second-order valence-electron chi connectivity index (χ2n) is 6.89. The maximum absolute atomic E-state index is 14.6. The quantitative estimate of drug-likeness (QED) is 0.730. The summed E-state index contributed by atoms with van der Waals surface area (Å²) in [5.41, 5.74) is 0.501. The molecule has 0 radical (unpaired) electrons. The summed E-state index contributed by atoms with van der Waals surface area (Å²) in [6, 6.07) is 2.27. The molecule has 0 bridgehead atoms. The number of sulfonamides is 1. The van der Waals surface area contributed by atoms with Crippen LogP contribution in [0.5, 0.6) is 0 Å². The predicted octanol–water partition coefficient (Wildman–Crippen LogP) is 3.17. The minimum atomic E-state index is -4.14. The summed E-state index contributed by atoms with van der Waals surface area (Å²) in [6.45, 7) is 2.86. The normalized spacial score (nSPS) is 19.2. The molecule has 1 aromatic carbocycles. The van der Waals surface area contributed by atoms with Crippen molar-refractivity contribution in [2.24, 2.45) is 0 Å². The van der Waals surface area contributed by atoms with Crippen molar-refractivity contribution >= 4 is 44.0 Å². The van der Waals surface area contributed by atoms with Gasteiger partial charge in [-0.25, -0.2) is 17.8 Å². The Kier molecular flexibility index (Phi) is 5.00. The first kappa shape index (κ1) is 18.9. The highest BCUT2D eigenvalue weighted by atomic mass is 35.5. The minimum absolute atomic E-state index is 0.0642. The van der Waals surface area contributed by atoms with Gasteiger partial charge in [0, 0.05) is 23.6 Å². The fraction of sp³-hybridized carbons (Fsp3) is 0.500. The first-order valence-electron chi connectivity index (χ1n) is 8.67. The van der Waals surface area contributed by atoms with Crippen LogP contribution in [0.25, 0.3) is 0 Å². The van der Waals surface area contributed by atoms with E-state index >= 15 is 0 Å². The van der Waals surface area contributed by atoms with Crippen molar-refractivity contribution in [3.8, 4) is 0 Å². The largest absolute Gasteiger partial charge is 0.382 e. The predicted molar refractivity (Wildman–Crippen MR) is 103 cm³/mol. The van der Waals surface area contributed by atoms with E-state index in [4.69, 9.17) is 11.6 Å². The van der Waals surface area contributed by atoms with Crippen LogP contribution in [-0.4, -0.2) is 47.8 Å². The Bertz CT molecular complexity index is 929. The molecular weight excluding hydrogens is 413 g/mol. The number of fused-ring (bicyclic) bond motifs is 1. The van der Waals surface area contributed by atoms with Gasteiger partial charge < -0.3 is 5.32 Å². The summed E-state index contributed by atoms with van der Waals surface area (Å²) >= 11 is 7.12. The number of hydrogen-bond acceptors (Lipinski definition) is 7. The Balaban J connectivity index is 1.53. The van der Waals surface area contributed by atoms with E-state index in [1.165, 1.54) is 6.33 Å². The number of aromatic nitrogens is 2. The van der Waals surface area contributed by atoms with Crippen molar-refractivity contribution < 1.29 is 12.8 Å². The zero-order valence-electron chi connectivity index (χ0n) is 14.4. The molecule has 0 amide bonds. The molecule has 0 spiro atoms. The summed E-state index contributed by atoms with van der Waals surface area (Å²) in [4.78, 5) is 5.71. The fourth-order valence-corrected chi connectivity index (χ4v) is 6.07. The second-order valence-corrected chi connectivity index (χ2v) is 9.72. The van der Waals surface area contributed by atoms with E-state index in [-0.39, 0.29) is 15.7 Å². The number of halogens is 2. The van der Waals surface area contributed by atoms with Crippen LogP contribution in [0, 0.1) is 5.82 Å². The van der Waals surface area contributed by atoms with Gasteiger partial charge in [0.25, 0.3) is 10.0 Å². The van der Waals surface area contributed by atoms with Crippen molar-refractivity contribution in [2.75, 3.05) is 29.7 Å². The lowest BCUT2D eigenvalue weighted by molar-refractivity contribution is 0.209. The summed E-state index contributed by atoms with van der Waals surface area (Å²) in [5.74, 6) is -0.869. The molecule has 2 aromatic rings. The molecule has 0 saturated carbocycles. The van der Waals surface area contributed by atoms with Gasteiger partial charge in [-0.3, -0.25) is 9.62 Å². The van der Waals surface area contributed by atoms with E-state index in [0.29, 0.717) is 12.2 Å². The van der Waals surface area contributed by atoms with E-state index in [1.54, 1.807) is 0 Å². The van der Waals surface area contributed by atoms with Crippen LogP contribution in [0.15, 0.2) is 23.4 Å². The van der Waals surface area contributed by atoms with Crippen molar-refractivity contribution in [3.05, 3.63) is 29.3 Å². The van der Waals surface area contributed by atoms with E-state index in [2.05, 4.69) is 24.3 Å². The molecule has 27 heavy (non-hydrogen) atoms. The van der Waals surface area contributed by atoms with Gasteiger partial charge in [0.2, 0.25) is 5.13 Å². The number of rotatable bonds is 6. The second kappa shape index (κ2) is 7.16. The van der Waals surface area contributed by atoms with Gasteiger partial charge in [0.15, 0.2) is 0 Å². The third-order valence-corrected chi connectivity index (χ3v) is 7.69. The van der Waals surface area contributed by atoms with Crippen molar-refractivity contribution in [3.63, 3.8) is 0 Å². The van der Waals surface area contributed by atoms with Gasteiger partial charge in [-0.05, 0) is 50.9 Å². The van der Waals surface area contributed by atoms with Crippen molar-refractivity contribution in [1.29, 1.82) is 0 Å². The molecule has 2 aliphatic heterocycles. The highest BCUT2D eigenvalue weighted by Crippen LogP contribution is 2.39. The molecule has 3 heterocycles. The van der Waals surface area contributed by atoms with E-state index in [1.807, 2.05) is 0 Å². The van der Waals surface area contributed by atoms with Gasteiger partial charge >= 0.3 is 0 Å². The number of anilines is 2. The highest BCUT2D eigenvalue weighted by molar-refractivity contribution is 7.93. The van der Waals surface area contributed by atoms with Gasteiger partial charge in [0.05, 0.1) is 10.7 Å².